The Morgan fingerprint density at radius 3 is 2.59 bits per heavy atom. The first-order chi connectivity index (χ1) is 13.7. The van der Waals surface area contributed by atoms with Crippen molar-refractivity contribution in [3.8, 4) is 0 Å². The van der Waals surface area contributed by atoms with Crippen LogP contribution < -0.4 is 10.6 Å². The van der Waals surface area contributed by atoms with Gasteiger partial charge in [0.25, 0.3) is 0 Å². The molecule has 166 valence electrons. The highest BCUT2D eigenvalue weighted by molar-refractivity contribution is 14.0. The third-order valence-electron chi connectivity index (χ3n) is 5.34. The molecule has 0 spiro atoms. The zero-order chi connectivity index (χ0) is 20.1. The van der Waals surface area contributed by atoms with Crippen LogP contribution in [0.15, 0.2) is 35.3 Å². The monoisotopic (exact) mass is 519 g/mol. The first-order valence-electron chi connectivity index (χ1n) is 10.5. The smallest absolute Gasteiger partial charge is 0.191 e. The van der Waals surface area contributed by atoms with Crippen molar-refractivity contribution in [2.75, 3.05) is 40.0 Å². The van der Waals surface area contributed by atoms with Crippen LogP contribution in [0.5, 0.6) is 0 Å². The Morgan fingerprint density at radius 1 is 1.21 bits per heavy atom. The van der Waals surface area contributed by atoms with Crippen molar-refractivity contribution in [1.29, 1.82) is 0 Å². The molecule has 7 heteroatoms. The highest BCUT2D eigenvalue weighted by atomic mass is 127. The number of benzene rings is 1. The fraction of sp³-hybridized carbons (Fsp3) is 0.682. The molecule has 0 amide bonds. The van der Waals surface area contributed by atoms with Gasteiger partial charge in [-0.1, -0.05) is 43.2 Å². The summed E-state index contributed by atoms with van der Waals surface area (Å²) in [5, 5.41) is 16.7. The molecule has 2 rings (SSSR count). The van der Waals surface area contributed by atoms with Crippen LogP contribution >= 0.6 is 24.0 Å². The van der Waals surface area contributed by atoms with Crippen LogP contribution in [0.1, 0.15) is 44.6 Å². The maximum Gasteiger partial charge on any atom is 0.191 e. The van der Waals surface area contributed by atoms with E-state index in [9.17, 15) is 5.11 Å². The Balaban J connectivity index is 0.00000420. The van der Waals surface area contributed by atoms with Crippen molar-refractivity contribution in [3.05, 3.63) is 35.9 Å². The number of guanidine groups is 1. The van der Waals surface area contributed by atoms with Gasteiger partial charge in [-0.3, -0.25) is 4.99 Å². The average Bonchev–Trinajstić information content (AvgIpc) is 3.18. The molecule has 0 aliphatic heterocycles. The minimum atomic E-state index is -0.582. The second-order valence-corrected chi connectivity index (χ2v) is 7.68. The Kier molecular flexibility index (Phi) is 13.5. The molecule has 0 saturated heterocycles. The van der Waals surface area contributed by atoms with Crippen molar-refractivity contribution >= 4 is 29.9 Å². The zero-order valence-electron chi connectivity index (χ0n) is 17.9. The molecule has 1 fully saturated rings. The van der Waals surface area contributed by atoms with Gasteiger partial charge in [0.2, 0.25) is 0 Å². The number of aliphatic hydroxyl groups excluding tert-OH is 1. The number of nitrogens with zero attached hydrogens (tertiary/aromatic N) is 1. The van der Waals surface area contributed by atoms with E-state index in [1.807, 2.05) is 37.3 Å². The largest absolute Gasteiger partial charge is 0.389 e. The van der Waals surface area contributed by atoms with Crippen LogP contribution in [0.3, 0.4) is 0 Å². The Morgan fingerprint density at radius 2 is 1.93 bits per heavy atom. The summed E-state index contributed by atoms with van der Waals surface area (Å²) in [5.74, 6) is 0.758. The SMILES string of the molecule is CCNC(=NCC1(CCOC)CCCC1)NCC(O)COCc1ccccc1.I. The predicted octanol–water partition coefficient (Wildman–Crippen LogP) is 3.33. The zero-order valence-corrected chi connectivity index (χ0v) is 20.2. The third-order valence-corrected chi connectivity index (χ3v) is 5.34. The quantitative estimate of drug-likeness (QED) is 0.225. The lowest BCUT2D eigenvalue weighted by Gasteiger charge is -2.27. The third kappa shape index (κ3) is 10.1. The van der Waals surface area contributed by atoms with Gasteiger partial charge in [0.15, 0.2) is 5.96 Å². The maximum atomic E-state index is 10.2. The lowest BCUT2D eigenvalue weighted by Crippen LogP contribution is -2.43. The van der Waals surface area contributed by atoms with E-state index in [1.54, 1.807) is 7.11 Å². The summed E-state index contributed by atoms with van der Waals surface area (Å²) in [6, 6.07) is 9.99. The normalized spacial score (nSPS) is 16.9. The molecule has 29 heavy (non-hydrogen) atoms. The minimum absolute atomic E-state index is 0. The van der Waals surface area contributed by atoms with Crippen LogP contribution in [0.4, 0.5) is 0 Å². The summed E-state index contributed by atoms with van der Waals surface area (Å²) >= 11 is 0. The van der Waals surface area contributed by atoms with Gasteiger partial charge in [-0.25, -0.2) is 0 Å². The molecule has 1 saturated carbocycles. The van der Waals surface area contributed by atoms with Gasteiger partial charge in [0.1, 0.15) is 0 Å². The lowest BCUT2D eigenvalue weighted by atomic mass is 9.83. The lowest BCUT2D eigenvalue weighted by molar-refractivity contribution is 0.0308. The number of hydrogen-bond donors (Lipinski definition) is 3. The molecule has 0 bridgehead atoms. The first kappa shape index (κ1) is 26.1. The molecule has 1 unspecified atom stereocenters. The fourth-order valence-corrected chi connectivity index (χ4v) is 3.68. The minimum Gasteiger partial charge on any atom is -0.389 e. The van der Waals surface area contributed by atoms with Gasteiger partial charge in [0, 0.05) is 33.4 Å². The first-order valence-corrected chi connectivity index (χ1v) is 10.5. The van der Waals surface area contributed by atoms with Crippen LogP contribution in [0, 0.1) is 5.41 Å². The maximum absolute atomic E-state index is 10.2. The average molecular weight is 519 g/mol. The van der Waals surface area contributed by atoms with E-state index >= 15 is 0 Å². The number of nitrogens with one attached hydrogen (secondary N) is 2. The summed E-state index contributed by atoms with van der Waals surface area (Å²) in [7, 11) is 1.76. The van der Waals surface area contributed by atoms with Gasteiger partial charge in [-0.2, -0.15) is 0 Å². The molecule has 1 aromatic rings. The predicted molar refractivity (Wildman–Crippen MR) is 129 cm³/mol. The van der Waals surface area contributed by atoms with Crippen molar-refractivity contribution in [2.24, 2.45) is 10.4 Å². The molecular formula is C22H38IN3O3. The molecule has 1 aliphatic carbocycles. The second kappa shape index (κ2) is 15.0. The van der Waals surface area contributed by atoms with Crippen LogP contribution in [-0.2, 0) is 16.1 Å². The van der Waals surface area contributed by atoms with Gasteiger partial charge >= 0.3 is 0 Å². The number of halogens is 1. The van der Waals surface area contributed by atoms with Gasteiger partial charge in [-0.05, 0) is 37.2 Å². The number of aliphatic imine (C=N–C) groups is 1. The standard InChI is InChI=1S/C22H37N3O3.HI/c1-3-23-21(25-18-22(13-14-27-2)11-7-8-12-22)24-15-20(26)17-28-16-19-9-5-4-6-10-19;/h4-6,9-10,20,26H,3,7-8,11-18H2,1-2H3,(H2,23,24,25);1H. The Labute approximate surface area is 192 Å². The van der Waals surface area contributed by atoms with Crippen LogP contribution in [0.2, 0.25) is 0 Å². The van der Waals surface area contributed by atoms with Crippen molar-refractivity contribution in [2.45, 2.75) is 51.7 Å². The molecule has 0 aromatic heterocycles. The van der Waals surface area contributed by atoms with E-state index < -0.39 is 6.10 Å². The molecule has 0 heterocycles. The number of rotatable bonds is 12. The molecule has 1 aliphatic rings. The summed E-state index contributed by atoms with van der Waals surface area (Å²) in [5.41, 5.74) is 1.37. The number of methoxy groups -OCH3 is 1. The van der Waals surface area contributed by atoms with Crippen molar-refractivity contribution < 1.29 is 14.6 Å². The van der Waals surface area contributed by atoms with E-state index in [0.717, 1.165) is 37.6 Å². The topological polar surface area (TPSA) is 75.1 Å². The summed E-state index contributed by atoms with van der Waals surface area (Å²) in [4.78, 5) is 4.81. The van der Waals surface area contributed by atoms with E-state index in [2.05, 4.69) is 10.6 Å². The molecule has 1 atom stereocenters. The van der Waals surface area contributed by atoms with Gasteiger partial charge in [-0.15, -0.1) is 24.0 Å². The molecule has 3 N–H and O–H groups in total. The summed E-state index contributed by atoms with van der Waals surface area (Å²) in [6.07, 6.45) is 5.47. The highest BCUT2D eigenvalue weighted by Gasteiger charge is 2.33. The molecular weight excluding hydrogens is 481 g/mol. The fourth-order valence-electron chi connectivity index (χ4n) is 3.68. The van der Waals surface area contributed by atoms with Crippen molar-refractivity contribution in [3.63, 3.8) is 0 Å². The van der Waals surface area contributed by atoms with Crippen molar-refractivity contribution in [1.82, 2.24) is 10.6 Å². The van der Waals surface area contributed by atoms with E-state index in [1.165, 1.54) is 25.7 Å². The number of hydrogen-bond acceptors (Lipinski definition) is 4. The second-order valence-electron chi connectivity index (χ2n) is 7.68. The number of ether oxygens (including phenoxy) is 2. The summed E-state index contributed by atoms with van der Waals surface area (Å²) < 4.78 is 10.9. The van der Waals surface area contributed by atoms with Crippen LogP contribution in [-0.4, -0.2) is 57.1 Å². The molecule has 6 nitrogen and oxygen atoms in total. The van der Waals surface area contributed by atoms with E-state index in [4.69, 9.17) is 14.5 Å². The van der Waals surface area contributed by atoms with E-state index in [-0.39, 0.29) is 29.4 Å². The molecule has 1 aromatic carbocycles. The van der Waals surface area contributed by atoms with Gasteiger partial charge in [0.05, 0.1) is 19.3 Å². The van der Waals surface area contributed by atoms with Gasteiger partial charge < -0.3 is 25.2 Å². The van der Waals surface area contributed by atoms with E-state index in [0.29, 0.717) is 19.8 Å². The Bertz CT molecular complexity index is 566. The Hall–Kier alpha value is -0.900. The summed E-state index contributed by atoms with van der Waals surface area (Å²) in [6.45, 7) is 5.63. The molecule has 0 radical (unpaired) electrons. The number of aliphatic hydroxyl groups is 1. The highest BCUT2D eigenvalue weighted by Crippen LogP contribution is 2.41. The van der Waals surface area contributed by atoms with Crippen LogP contribution in [0.25, 0.3) is 0 Å².